The summed E-state index contributed by atoms with van der Waals surface area (Å²) in [7, 11) is 0. The van der Waals surface area contributed by atoms with Gasteiger partial charge in [0.25, 0.3) is 0 Å². The third kappa shape index (κ3) is 3.38. The van der Waals surface area contributed by atoms with E-state index >= 15 is 0 Å². The van der Waals surface area contributed by atoms with E-state index < -0.39 is 0 Å². The lowest BCUT2D eigenvalue weighted by Crippen LogP contribution is -2.01. The van der Waals surface area contributed by atoms with Crippen molar-refractivity contribution >= 4 is 11.6 Å². The highest BCUT2D eigenvalue weighted by Gasteiger charge is 2.04. The molecule has 0 spiro atoms. The van der Waals surface area contributed by atoms with Gasteiger partial charge >= 0.3 is 0 Å². The third-order valence-corrected chi connectivity index (χ3v) is 1.42. The molecular formula is C8H8ClF. The Hall–Kier alpha value is -0.660. The fourth-order valence-electron chi connectivity index (χ4n) is 0.422. The van der Waals surface area contributed by atoms with Gasteiger partial charge in [0, 0.05) is 17.2 Å². The fraction of sp³-hybridized carbons (Fsp3) is 0.500. The summed E-state index contributed by atoms with van der Waals surface area (Å²) < 4.78 is 11.4. The Balaban J connectivity index is 3.98. The van der Waals surface area contributed by atoms with Gasteiger partial charge in [-0.1, -0.05) is 25.7 Å². The monoisotopic (exact) mass is 158 g/mol. The Bertz CT molecular complexity index is 177. The van der Waals surface area contributed by atoms with Crippen LogP contribution >= 0.6 is 11.6 Å². The first-order valence-electron chi connectivity index (χ1n) is 2.94. The normalized spacial score (nSPS) is 13.6. The molecule has 2 unspecified atom stereocenters. The quantitative estimate of drug-likeness (QED) is 0.514. The molecule has 0 heterocycles. The molecule has 0 bridgehead atoms. The second kappa shape index (κ2) is 5.15. The van der Waals surface area contributed by atoms with Gasteiger partial charge in [0.15, 0.2) is 0 Å². The maximum absolute atomic E-state index is 11.4. The first kappa shape index (κ1) is 9.34. The summed E-state index contributed by atoms with van der Waals surface area (Å²) in [6.45, 7) is 3.66. The van der Waals surface area contributed by atoms with Crippen LogP contribution in [0.2, 0.25) is 0 Å². The maximum Gasteiger partial charge on any atom is 0.105 e. The summed E-state index contributed by atoms with van der Waals surface area (Å²) in [5.41, 5.74) is 0. The van der Waals surface area contributed by atoms with E-state index in [1.807, 2.05) is 6.92 Å². The minimum absolute atomic E-state index is 0.0285. The zero-order chi connectivity index (χ0) is 7.98. The minimum atomic E-state index is -0.0590. The van der Waals surface area contributed by atoms with Crippen LogP contribution in [0.5, 0.6) is 0 Å². The summed E-state index contributed by atoms with van der Waals surface area (Å²) in [4.78, 5) is 0. The molecule has 0 aliphatic heterocycles. The predicted molar refractivity (Wildman–Crippen MR) is 40.8 cm³/mol. The van der Waals surface area contributed by atoms with Crippen molar-refractivity contribution in [3.63, 3.8) is 0 Å². The molecule has 0 nitrogen and oxygen atoms in total. The van der Waals surface area contributed by atoms with Crippen LogP contribution < -0.4 is 0 Å². The van der Waals surface area contributed by atoms with E-state index in [0.717, 1.165) is 0 Å². The van der Waals surface area contributed by atoms with E-state index in [1.54, 1.807) is 6.92 Å². The fourth-order valence-corrected chi connectivity index (χ4v) is 0.594. The molecule has 0 radical (unpaired) electrons. The first-order chi connectivity index (χ1) is 4.72. The van der Waals surface area contributed by atoms with Gasteiger partial charge in [0.05, 0.1) is 0 Å². The summed E-state index contributed by atoms with van der Waals surface area (Å²) >= 11 is 5.14. The molecule has 0 aromatic heterocycles. The van der Waals surface area contributed by atoms with E-state index in [9.17, 15) is 4.39 Å². The largest absolute Gasteiger partial charge is 0.144 e. The molecule has 0 rings (SSSR count). The summed E-state index contributed by atoms with van der Waals surface area (Å²) in [6, 6.07) is 0. The molecule has 0 aliphatic rings. The standard InChI is InChI=1S/C8H8ClF/c1-7(3-5-9)8(2)4-6-10/h7-8H,1-2H3. The van der Waals surface area contributed by atoms with Gasteiger partial charge in [-0.25, -0.2) is 0 Å². The Morgan fingerprint density at radius 1 is 1.20 bits per heavy atom. The molecule has 0 saturated heterocycles. The average Bonchev–Trinajstić information content (AvgIpc) is 1.89. The summed E-state index contributed by atoms with van der Waals surface area (Å²) in [6.07, 6.45) is 1.35. The first-order valence-corrected chi connectivity index (χ1v) is 3.32. The van der Waals surface area contributed by atoms with Crippen LogP contribution in [0.4, 0.5) is 4.39 Å². The summed E-state index contributed by atoms with van der Waals surface area (Å²) in [5.74, 6) is 5.00. The highest BCUT2D eigenvalue weighted by molar-refractivity contribution is 6.30. The second-order valence-electron chi connectivity index (χ2n) is 2.06. The molecule has 0 saturated carbocycles. The Morgan fingerprint density at radius 3 is 2.10 bits per heavy atom. The molecule has 0 aromatic rings. The molecule has 2 atom stereocenters. The van der Waals surface area contributed by atoms with E-state index in [-0.39, 0.29) is 11.8 Å². The van der Waals surface area contributed by atoms with Crippen molar-refractivity contribution in [2.45, 2.75) is 13.8 Å². The third-order valence-electron chi connectivity index (χ3n) is 1.31. The van der Waals surface area contributed by atoms with Crippen molar-refractivity contribution in [3.8, 4) is 23.4 Å². The molecule has 54 valence electrons. The zero-order valence-corrected chi connectivity index (χ0v) is 6.67. The number of rotatable bonds is 1. The molecule has 0 amide bonds. The van der Waals surface area contributed by atoms with Crippen LogP contribution in [0.1, 0.15) is 13.8 Å². The lowest BCUT2D eigenvalue weighted by atomic mass is 9.98. The highest BCUT2D eigenvalue weighted by Crippen LogP contribution is 2.07. The number of halogens is 2. The van der Waals surface area contributed by atoms with Crippen LogP contribution in [0, 0.1) is 35.2 Å². The van der Waals surface area contributed by atoms with Crippen LogP contribution in [-0.2, 0) is 0 Å². The molecular weight excluding hydrogens is 151 g/mol. The van der Waals surface area contributed by atoms with Gasteiger partial charge in [-0.2, -0.15) is 0 Å². The molecule has 10 heavy (non-hydrogen) atoms. The van der Waals surface area contributed by atoms with Gasteiger partial charge in [-0.15, -0.1) is 4.39 Å². The number of hydrogen-bond acceptors (Lipinski definition) is 0. The van der Waals surface area contributed by atoms with Gasteiger partial charge in [0.2, 0.25) is 0 Å². The van der Waals surface area contributed by atoms with Crippen LogP contribution in [-0.4, -0.2) is 0 Å². The smallest absolute Gasteiger partial charge is 0.105 e. The van der Waals surface area contributed by atoms with Crippen molar-refractivity contribution in [1.29, 1.82) is 0 Å². The van der Waals surface area contributed by atoms with Gasteiger partial charge in [-0.3, -0.25) is 0 Å². The lowest BCUT2D eigenvalue weighted by molar-refractivity contribution is 0.591. The maximum atomic E-state index is 11.4. The highest BCUT2D eigenvalue weighted by atomic mass is 35.5. The Morgan fingerprint density at radius 2 is 1.70 bits per heavy atom. The average molecular weight is 159 g/mol. The van der Waals surface area contributed by atoms with E-state index in [4.69, 9.17) is 11.6 Å². The van der Waals surface area contributed by atoms with Crippen LogP contribution in [0.3, 0.4) is 0 Å². The Kier molecular flexibility index (Phi) is 4.81. The molecule has 0 aliphatic carbocycles. The molecule has 2 heteroatoms. The van der Waals surface area contributed by atoms with Gasteiger partial charge in [-0.05, 0) is 11.6 Å². The van der Waals surface area contributed by atoms with Gasteiger partial charge in [0.1, 0.15) is 6.17 Å². The predicted octanol–water partition coefficient (Wildman–Crippen LogP) is 2.39. The lowest BCUT2D eigenvalue weighted by Gasteiger charge is -2.04. The molecule has 0 aromatic carbocycles. The zero-order valence-electron chi connectivity index (χ0n) is 5.91. The van der Waals surface area contributed by atoms with Crippen LogP contribution in [0.15, 0.2) is 0 Å². The topological polar surface area (TPSA) is 0 Å². The van der Waals surface area contributed by atoms with E-state index in [2.05, 4.69) is 17.2 Å². The van der Waals surface area contributed by atoms with Crippen molar-refractivity contribution in [1.82, 2.24) is 0 Å². The van der Waals surface area contributed by atoms with Gasteiger partial charge < -0.3 is 0 Å². The number of hydrogen-bond donors (Lipinski definition) is 0. The summed E-state index contributed by atoms with van der Waals surface area (Å²) in [5, 5.41) is 2.24. The molecule has 0 N–H and O–H groups in total. The molecule has 0 fully saturated rings. The van der Waals surface area contributed by atoms with Crippen molar-refractivity contribution < 1.29 is 4.39 Å². The van der Waals surface area contributed by atoms with Crippen molar-refractivity contribution in [2.24, 2.45) is 11.8 Å². The van der Waals surface area contributed by atoms with Crippen molar-refractivity contribution in [2.75, 3.05) is 0 Å². The Labute approximate surface area is 65.8 Å². The SMILES string of the molecule is CC(C#CF)C(C)C#CCl. The van der Waals surface area contributed by atoms with Crippen LogP contribution in [0.25, 0.3) is 0 Å². The minimum Gasteiger partial charge on any atom is -0.144 e. The van der Waals surface area contributed by atoms with Crippen molar-refractivity contribution in [3.05, 3.63) is 0 Å². The van der Waals surface area contributed by atoms with E-state index in [0.29, 0.717) is 0 Å². The van der Waals surface area contributed by atoms with E-state index in [1.165, 1.54) is 6.17 Å². The second-order valence-corrected chi connectivity index (χ2v) is 2.24.